The van der Waals surface area contributed by atoms with Crippen LogP contribution in [0.2, 0.25) is 0 Å². The molecule has 1 aromatic carbocycles. The van der Waals surface area contributed by atoms with Crippen molar-refractivity contribution in [2.75, 3.05) is 38.1 Å². The van der Waals surface area contributed by atoms with Gasteiger partial charge >= 0.3 is 6.09 Å². The lowest BCUT2D eigenvalue weighted by Crippen LogP contribution is -2.29. The van der Waals surface area contributed by atoms with E-state index in [1.807, 2.05) is 6.07 Å². The number of benzene rings is 1. The van der Waals surface area contributed by atoms with E-state index < -0.39 is 17.5 Å². The number of methoxy groups -OCH3 is 1. The molecule has 0 unspecified atom stereocenters. The highest BCUT2D eigenvalue weighted by molar-refractivity contribution is 6.04. The van der Waals surface area contributed by atoms with Gasteiger partial charge < -0.3 is 24.4 Å². The zero-order chi connectivity index (χ0) is 30.9. The number of ether oxygens (including phenoxy) is 3. The number of rotatable bonds is 7. The van der Waals surface area contributed by atoms with Gasteiger partial charge in [0.15, 0.2) is 18.4 Å². The maximum atomic E-state index is 16.3. The zero-order valence-corrected chi connectivity index (χ0v) is 24.9. The van der Waals surface area contributed by atoms with Gasteiger partial charge in [-0.25, -0.2) is 14.2 Å². The molecule has 3 aromatic heterocycles. The summed E-state index contributed by atoms with van der Waals surface area (Å²) in [6.07, 6.45) is 4.40. The van der Waals surface area contributed by atoms with Crippen molar-refractivity contribution in [3.8, 4) is 16.9 Å². The first-order valence-corrected chi connectivity index (χ1v) is 13.7. The van der Waals surface area contributed by atoms with Gasteiger partial charge in [-0.05, 0) is 45.2 Å². The molecule has 0 bridgehead atoms. The summed E-state index contributed by atoms with van der Waals surface area (Å²) in [6, 6.07) is 5.28. The standard InChI is InChI=1S/C30H34FN7O5/c1-17-21(12-32-14-23(17)42-16-41-6)20-9-18-10-24(34-25-11-19-7-8-37(5)26(39)15-38(19)36-25)33-13-22(18)28(27(20)31)35-29(40)43-30(2,3)4/h9-14H,7-8,15-16H2,1-6H3,(H,35,40)(H,33,34,36). The number of carbonyl (C=O) groups excluding carboxylic acids is 2. The van der Waals surface area contributed by atoms with E-state index in [4.69, 9.17) is 14.2 Å². The number of carbonyl (C=O) groups is 2. The third-order valence-electron chi connectivity index (χ3n) is 6.91. The molecule has 0 radical (unpaired) electrons. The minimum atomic E-state index is -0.807. The molecule has 13 heteroatoms. The lowest BCUT2D eigenvalue weighted by Gasteiger charge is -2.21. The molecule has 5 rings (SSSR count). The summed E-state index contributed by atoms with van der Waals surface area (Å²) >= 11 is 0. The van der Waals surface area contributed by atoms with Crippen molar-refractivity contribution in [3.63, 3.8) is 0 Å². The van der Waals surface area contributed by atoms with Gasteiger partial charge in [-0.1, -0.05) is 0 Å². The Labute approximate surface area is 248 Å². The van der Waals surface area contributed by atoms with Crippen LogP contribution in [0.15, 0.2) is 36.8 Å². The molecule has 1 aliphatic rings. The quantitative estimate of drug-likeness (QED) is 0.284. The number of likely N-dealkylation sites (N-methyl/N-ethyl adjacent to an activating group) is 1. The number of nitrogens with zero attached hydrogens (tertiary/aromatic N) is 5. The van der Waals surface area contributed by atoms with Crippen molar-refractivity contribution < 1.29 is 28.2 Å². The third-order valence-corrected chi connectivity index (χ3v) is 6.91. The topological polar surface area (TPSA) is 133 Å². The maximum absolute atomic E-state index is 16.3. The van der Waals surface area contributed by atoms with Crippen LogP contribution in [0.3, 0.4) is 0 Å². The molecule has 1 aliphatic heterocycles. The first-order chi connectivity index (χ1) is 20.4. The SMILES string of the molecule is COCOc1cncc(-c2cc3cc(Nc4cc5n(n4)CC(=O)N(C)CC5)ncc3c(NC(=O)OC(C)(C)C)c2F)c1C. The average Bonchev–Trinajstić information content (AvgIpc) is 3.26. The first kappa shape index (κ1) is 29.7. The number of halogens is 1. The van der Waals surface area contributed by atoms with Crippen LogP contribution < -0.4 is 15.4 Å². The number of anilines is 3. The van der Waals surface area contributed by atoms with Crippen molar-refractivity contribution in [2.45, 2.75) is 46.3 Å². The van der Waals surface area contributed by atoms with Crippen LogP contribution in [0, 0.1) is 12.7 Å². The Morgan fingerprint density at radius 2 is 1.91 bits per heavy atom. The molecule has 0 saturated heterocycles. The fraction of sp³-hybridized carbons (Fsp3) is 0.367. The molecule has 0 aliphatic carbocycles. The molecule has 43 heavy (non-hydrogen) atoms. The van der Waals surface area contributed by atoms with Crippen molar-refractivity contribution >= 4 is 40.1 Å². The molecule has 0 saturated carbocycles. The number of amides is 2. The molecule has 12 nitrogen and oxygen atoms in total. The lowest BCUT2D eigenvalue weighted by molar-refractivity contribution is -0.130. The zero-order valence-electron chi connectivity index (χ0n) is 24.9. The van der Waals surface area contributed by atoms with Crippen molar-refractivity contribution in [2.24, 2.45) is 0 Å². The van der Waals surface area contributed by atoms with Crippen LogP contribution in [0.25, 0.3) is 21.9 Å². The highest BCUT2D eigenvalue weighted by Gasteiger charge is 2.24. The lowest BCUT2D eigenvalue weighted by atomic mass is 9.97. The fourth-order valence-electron chi connectivity index (χ4n) is 4.75. The number of pyridine rings is 2. The van der Waals surface area contributed by atoms with Crippen LogP contribution >= 0.6 is 0 Å². The molecule has 0 spiro atoms. The highest BCUT2D eigenvalue weighted by atomic mass is 19.1. The van der Waals surface area contributed by atoms with Gasteiger partial charge in [0.25, 0.3) is 0 Å². The number of hydrogen-bond acceptors (Lipinski definition) is 9. The molecule has 0 fully saturated rings. The van der Waals surface area contributed by atoms with Gasteiger partial charge in [0.05, 0.1) is 11.9 Å². The molecule has 4 heterocycles. The monoisotopic (exact) mass is 591 g/mol. The van der Waals surface area contributed by atoms with E-state index in [1.165, 1.54) is 25.7 Å². The van der Waals surface area contributed by atoms with Crippen molar-refractivity contribution in [1.29, 1.82) is 0 Å². The minimum Gasteiger partial charge on any atom is -0.466 e. The Morgan fingerprint density at radius 3 is 2.65 bits per heavy atom. The van der Waals surface area contributed by atoms with E-state index in [9.17, 15) is 9.59 Å². The Morgan fingerprint density at radius 1 is 1.12 bits per heavy atom. The third kappa shape index (κ3) is 6.51. The average molecular weight is 592 g/mol. The van der Waals surface area contributed by atoms with E-state index >= 15 is 4.39 Å². The van der Waals surface area contributed by atoms with Gasteiger partial charge in [-0.2, -0.15) is 5.10 Å². The van der Waals surface area contributed by atoms with Crippen molar-refractivity contribution in [3.05, 3.63) is 53.9 Å². The predicted molar refractivity (Wildman–Crippen MR) is 159 cm³/mol. The Hall–Kier alpha value is -4.78. The van der Waals surface area contributed by atoms with Gasteiger partial charge in [0, 0.05) is 73.4 Å². The summed E-state index contributed by atoms with van der Waals surface area (Å²) in [5.74, 6) is 0.705. The Kier molecular flexibility index (Phi) is 8.18. The van der Waals surface area contributed by atoms with Crippen LogP contribution in [0.5, 0.6) is 5.75 Å². The van der Waals surface area contributed by atoms with E-state index in [1.54, 1.807) is 56.5 Å². The molecular formula is C30H34FN7O5. The van der Waals surface area contributed by atoms with Crippen LogP contribution in [-0.4, -0.2) is 69.7 Å². The van der Waals surface area contributed by atoms with E-state index in [0.29, 0.717) is 52.3 Å². The Bertz CT molecular complexity index is 1700. The molecule has 0 atom stereocenters. The van der Waals surface area contributed by atoms with Crippen LogP contribution in [0.1, 0.15) is 32.0 Å². The summed E-state index contributed by atoms with van der Waals surface area (Å²) in [6.45, 7) is 7.72. The Balaban J connectivity index is 1.57. The van der Waals surface area contributed by atoms with Gasteiger partial charge in [0.2, 0.25) is 5.91 Å². The first-order valence-electron chi connectivity index (χ1n) is 13.7. The summed E-state index contributed by atoms with van der Waals surface area (Å²) < 4.78 is 34.0. The van der Waals surface area contributed by atoms with Gasteiger partial charge in [0.1, 0.15) is 23.7 Å². The number of aromatic nitrogens is 4. The number of nitrogens with one attached hydrogen (secondary N) is 2. The molecule has 2 N–H and O–H groups in total. The smallest absolute Gasteiger partial charge is 0.412 e. The predicted octanol–water partition coefficient (Wildman–Crippen LogP) is 5.03. The van der Waals surface area contributed by atoms with E-state index in [2.05, 4.69) is 25.7 Å². The second-order valence-electron chi connectivity index (χ2n) is 11.3. The maximum Gasteiger partial charge on any atom is 0.412 e. The second-order valence-corrected chi connectivity index (χ2v) is 11.3. The summed E-state index contributed by atoms with van der Waals surface area (Å²) in [5.41, 5.74) is 1.35. The van der Waals surface area contributed by atoms with Crippen molar-refractivity contribution in [1.82, 2.24) is 24.6 Å². The molecule has 226 valence electrons. The van der Waals surface area contributed by atoms with Crippen LogP contribution in [0.4, 0.5) is 26.5 Å². The van der Waals surface area contributed by atoms with E-state index in [-0.39, 0.29) is 30.5 Å². The van der Waals surface area contributed by atoms with Gasteiger partial charge in [-0.3, -0.25) is 19.8 Å². The number of fused-ring (bicyclic) bond motifs is 2. The highest BCUT2D eigenvalue weighted by Crippen LogP contribution is 2.38. The largest absolute Gasteiger partial charge is 0.466 e. The molecule has 4 aromatic rings. The normalized spacial score (nSPS) is 13.5. The van der Waals surface area contributed by atoms with E-state index in [0.717, 1.165) is 5.69 Å². The summed E-state index contributed by atoms with van der Waals surface area (Å²) in [7, 11) is 3.28. The van der Waals surface area contributed by atoms with Gasteiger partial charge in [-0.15, -0.1) is 0 Å². The fourth-order valence-corrected chi connectivity index (χ4v) is 4.75. The number of hydrogen-bond donors (Lipinski definition) is 2. The summed E-state index contributed by atoms with van der Waals surface area (Å²) in [5, 5.41) is 11.3. The molecule has 2 amide bonds. The molecular weight excluding hydrogens is 557 g/mol. The minimum absolute atomic E-state index is 0.000655. The van der Waals surface area contributed by atoms with Crippen LogP contribution in [-0.2, 0) is 27.2 Å². The summed E-state index contributed by atoms with van der Waals surface area (Å²) in [4.78, 5) is 35.4. The second kappa shape index (κ2) is 11.8.